The molecule has 6 nitrogen and oxygen atoms in total. The highest BCUT2D eigenvalue weighted by Crippen LogP contribution is 2.39. The summed E-state index contributed by atoms with van der Waals surface area (Å²) in [6.45, 7) is 9.21. The van der Waals surface area contributed by atoms with Crippen molar-refractivity contribution < 1.29 is 24.5 Å². The summed E-state index contributed by atoms with van der Waals surface area (Å²) in [6, 6.07) is 0. The number of aliphatic hydroxyl groups excluding tert-OH is 2. The number of hydrogen-bond donors (Lipinski definition) is 2. The van der Waals surface area contributed by atoms with Crippen LogP contribution in [0.3, 0.4) is 0 Å². The van der Waals surface area contributed by atoms with Gasteiger partial charge in [0.2, 0.25) is 0 Å². The summed E-state index contributed by atoms with van der Waals surface area (Å²) >= 11 is 0. The molecule has 7 atom stereocenters. The first-order valence-electron chi connectivity index (χ1n) is 9.29. The number of aliphatic imine (C=N–C) groups is 1. The lowest BCUT2D eigenvalue weighted by atomic mass is 9.76. The summed E-state index contributed by atoms with van der Waals surface area (Å²) in [4.78, 5) is 16.8. The number of hydrogen-bond acceptors (Lipinski definition) is 6. The maximum Gasteiger partial charge on any atom is 0.312 e. The summed E-state index contributed by atoms with van der Waals surface area (Å²) < 4.78 is 11.5. The number of nitrogens with zero attached hydrogens (tertiary/aromatic N) is 1. The van der Waals surface area contributed by atoms with E-state index in [1.165, 1.54) is 0 Å². The third kappa shape index (κ3) is 3.94. The minimum Gasteiger partial charge on any atom is -0.457 e. The van der Waals surface area contributed by atoms with Crippen LogP contribution in [-0.4, -0.2) is 59.0 Å². The molecule has 0 aromatic heterocycles. The van der Waals surface area contributed by atoms with Gasteiger partial charge in [0.25, 0.3) is 0 Å². The van der Waals surface area contributed by atoms with Crippen molar-refractivity contribution in [1.82, 2.24) is 0 Å². The lowest BCUT2D eigenvalue weighted by Gasteiger charge is -2.50. The maximum atomic E-state index is 12.5. The molecule has 1 saturated heterocycles. The number of esters is 1. The standard InChI is InChI=1S/C20H31NO5/c1-7-15-11(2)8-9-14(22)12(3)10-20(5)18(21-6)17(26-20)16(23)13(4)19(24)25-15/h9,12-17,22-23H,7,10H2,1-6H3/b21-18-. The second-order valence-electron chi connectivity index (χ2n) is 7.66. The smallest absolute Gasteiger partial charge is 0.312 e. The Labute approximate surface area is 155 Å². The fourth-order valence-corrected chi connectivity index (χ4v) is 3.72. The largest absolute Gasteiger partial charge is 0.457 e. The van der Waals surface area contributed by atoms with Gasteiger partial charge in [0.05, 0.1) is 23.8 Å². The number of fused-ring (bicyclic) bond motifs is 8. The van der Waals surface area contributed by atoms with Crippen molar-refractivity contribution in [3.05, 3.63) is 17.4 Å². The van der Waals surface area contributed by atoms with Crippen LogP contribution in [0.1, 0.15) is 47.5 Å². The first kappa shape index (κ1) is 20.8. The van der Waals surface area contributed by atoms with E-state index in [1.54, 1.807) is 20.0 Å². The summed E-state index contributed by atoms with van der Waals surface area (Å²) in [5.41, 5.74) is 3.86. The second kappa shape index (κ2) is 8.05. The average molecular weight is 365 g/mol. The molecular weight excluding hydrogens is 334 g/mol. The number of ether oxygens (including phenoxy) is 2. The zero-order valence-corrected chi connectivity index (χ0v) is 16.5. The summed E-state index contributed by atoms with van der Waals surface area (Å²) in [6.07, 6.45) is -0.0534. The molecule has 0 aromatic rings. The zero-order valence-electron chi connectivity index (χ0n) is 16.5. The second-order valence-corrected chi connectivity index (χ2v) is 7.66. The Morgan fingerprint density at radius 2 is 2.04 bits per heavy atom. The van der Waals surface area contributed by atoms with Crippen molar-refractivity contribution in [3.8, 4) is 0 Å². The van der Waals surface area contributed by atoms with Crippen LogP contribution in [0.4, 0.5) is 0 Å². The van der Waals surface area contributed by atoms with Gasteiger partial charge < -0.3 is 19.7 Å². The first-order valence-corrected chi connectivity index (χ1v) is 9.29. The van der Waals surface area contributed by atoms with Crippen molar-refractivity contribution in [3.63, 3.8) is 0 Å². The van der Waals surface area contributed by atoms with Gasteiger partial charge in [0.1, 0.15) is 17.8 Å². The molecule has 7 unspecified atom stereocenters. The van der Waals surface area contributed by atoms with Gasteiger partial charge in [0.15, 0.2) is 0 Å². The van der Waals surface area contributed by atoms with E-state index in [-0.39, 0.29) is 5.92 Å². The van der Waals surface area contributed by atoms with E-state index >= 15 is 0 Å². The Balaban J connectivity index is 2.41. The predicted octanol–water partition coefficient (Wildman–Crippen LogP) is 2.04. The van der Waals surface area contributed by atoms with E-state index in [1.807, 2.05) is 27.7 Å². The number of aliphatic hydroxyl groups is 2. The summed E-state index contributed by atoms with van der Waals surface area (Å²) in [5, 5.41) is 21.1. The lowest BCUT2D eigenvalue weighted by Crippen LogP contribution is -2.65. The highest BCUT2D eigenvalue weighted by atomic mass is 16.6. The zero-order chi connectivity index (χ0) is 19.6. The average Bonchev–Trinajstić information content (AvgIpc) is 2.59. The highest BCUT2D eigenvalue weighted by Gasteiger charge is 2.54. The van der Waals surface area contributed by atoms with Crippen molar-refractivity contribution >= 4 is 11.7 Å². The maximum absolute atomic E-state index is 12.5. The molecule has 3 aliphatic heterocycles. The molecule has 0 aromatic carbocycles. The van der Waals surface area contributed by atoms with Crippen molar-refractivity contribution in [2.24, 2.45) is 16.8 Å². The molecular formula is C20H31NO5. The third-order valence-corrected chi connectivity index (χ3v) is 5.52. The van der Waals surface area contributed by atoms with E-state index in [2.05, 4.69) is 10.7 Å². The minimum atomic E-state index is -1.03. The summed E-state index contributed by atoms with van der Waals surface area (Å²) in [5.74, 6) is -1.31. The number of carbonyl (C=O) groups is 1. The molecule has 1 fully saturated rings. The summed E-state index contributed by atoms with van der Waals surface area (Å²) in [7, 11) is 1.65. The van der Waals surface area contributed by atoms with Gasteiger partial charge in [-0.2, -0.15) is 0 Å². The molecule has 26 heavy (non-hydrogen) atoms. The Morgan fingerprint density at radius 3 is 2.62 bits per heavy atom. The SMILES string of the molecule is CCC1OC(=O)C(C)C(O)C2OC(C)(CC(C)C(O)C=C=C1C)/C2=N\C. The van der Waals surface area contributed by atoms with E-state index in [4.69, 9.17) is 9.47 Å². The molecule has 0 amide bonds. The highest BCUT2D eigenvalue weighted by molar-refractivity contribution is 6.01. The molecule has 0 radical (unpaired) electrons. The van der Waals surface area contributed by atoms with Crippen LogP contribution in [0.2, 0.25) is 0 Å². The van der Waals surface area contributed by atoms with Gasteiger partial charge in [0, 0.05) is 12.6 Å². The number of carbonyl (C=O) groups excluding carboxylic acids is 1. The molecule has 2 bridgehead atoms. The van der Waals surface area contributed by atoms with Crippen molar-refractivity contribution in [2.45, 2.75) is 77.5 Å². The van der Waals surface area contributed by atoms with Crippen LogP contribution in [-0.2, 0) is 14.3 Å². The van der Waals surface area contributed by atoms with Gasteiger partial charge in [-0.15, -0.1) is 5.73 Å². The Kier molecular flexibility index (Phi) is 6.46. The van der Waals surface area contributed by atoms with Gasteiger partial charge in [-0.05, 0) is 45.6 Å². The van der Waals surface area contributed by atoms with E-state index < -0.39 is 41.9 Å². The first-order chi connectivity index (χ1) is 12.1. The van der Waals surface area contributed by atoms with Gasteiger partial charge in [-0.25, -0.2) is 0 Å². The molecule has 3 aliphatic rings. The van der Waals surface area contributed by atoms with Gasteiger partial charge in [-0.3, -0.25) is 9.79 Å². The fourth-order valence-electron chi connectivity index (χ4n) is 3.72. The molecule has 6 heteroatoms. The van der Waals surface area contributed by atoms with Crippen LogP contribution < -0.4 is 0 Å². The molecule has 3 rings (SSSR count). The van der Waals surface area contributed by atoms with Crippen LogP contribution >= 0.6 is 0 Å². The van der Waals surface area contributed by atoms with Gasteiger partial charge in [-0.1, -0.05) is 13.8 Å². The topological polar surface area (TPSA) is 88.4 Å². The normalized spacial score (nSPS) is 43.3. The fraction of sp³-hybridized carbons (Fsp3) is 0.750. The molecule has 0 saturated carbocycles. The van der Waals surface area contributed by atoms with Crippen LogP contribution in [0, 0.1) is 11.8 Å². The van der Waals surface area contributed by atoms with Crippen LogP contribution in [0.15, 0.2) is 22.4 Å². The molecule has 146 valence electrons. The van der Waals surface area contributed by atoms with Crippen molar-refractivity contribution in [1.29, 1.82) is 0 Å². The van der Waals surface area contributed by atoms with Crippen LogP contribution in [0.25, 0.3) is 0 Å². The van der Waals surface area contributed by atoms with Crippen molar-refractivity contribution in [2.75, 3.05) is 7.05 Å². The third-order valence-electron chi connectivity index (χ3n) is 5.52. The van der Waals surface area contributed by atoms with E-state index in [0.717, 1.165) is 5.57 Å². The minimum absolute atomic E-state index is 0.0851. The molecule has 3 heterocycles. The Morgan fingerprint density at radius 1 is 1.38 bits per heavy atom. The Bertz CT molecular complexity index is 636. The van der Waals surface area contributed by atoms with E-state index in [0.29, 0.717) is 18.6 Å². The number of rotatable bonds is 1. The van der Waals surface area contributed by atoms with Crippen LogP contribution in [0.5, 0.6) is 0 Å². The molecule has 0 aliphatic carbocycles. The van der Waals surface area contributed by atoms with Gasteiger partial charge >= 0.3 is 5.97 Å². The lowest BCUT2D eigenvalue weighted by molar-refractivity contribution is -0.169. The molecule has 2 N–H and O–H groups in total. The molecule has 0 spiro atoms. The quantitative estimate of drug-likeness (QED) is 0.548. The van der Waals surface area contributed by atoms with E-state index in [9.17, 15) is 15.0 Å². The Hall–Kier alpha value is -1.46. The monoisotopic (exact) mass is 365 g/mol. The predicted molar refractivity (Wildman–Crippen MR) is 99.0 cm³/mol.